The molecule has 3 nitrogen and oxygen atoms in total. The predicted molar refractivity (Wildman–Crippen MR) is 34.3 cm³/mol. The minimum absolute atomic E-state index is 0.125. The van der Waals surface area contributed by atoms with Gasteiger partial charge in [0.05, 0.1) is 12.9 Å². The lowest BCUT2D eigenvalue weighted by molar-refractivity contribution is 0.0511. The van der Waals surface area contributed by atoms with E-state index >= 15 is 0 Å². The highest BCUT2D eigenvalue weighted by atomic mass is 16.5. The van der Waals surface area contributed by atoms with E-state index in [0.717, 1.165) is 0 Å². The zero-order chi connectivity index (χ0) is 7.40. The number of rotatable bonds is 2. The highest BCUT2D eigenvalue weighted by Crippen LogP contribution is 2.01. The van der Waals surface area contributed by atoms with Crippen LogP contribution in [0.2, 0.25) is 0 Å². The summed E-state index contributed by atoms with van der Waals surface area (Å²) in [5, 5.41) is 0. The summed E-state index contributed by atoms with van der Waals surface area (Å²) in [5.74, 6) is -0.261. The van der Waals surface area contributed by atoms with E-state index in [4.69, 9.17) is 4.42 Å². The molecule has 3 heteroatoms. The number of carbonyl (C=O) groups excluding carboxylic acids is 1. The Kier molecular flexibility index (Phi) is 2.10. The molecule has 0 atom stereocenters. The Balaban J connectivity index is 2.59. The van der Waals surface area contributed by atoms with Gasteiger partial charge in [-0.3, -0.25) is 0 Å². The van der Waals surface area contributed by atoms with Crippen LogP contribution in [-0.4, -0.2) is 12.6 Å². The number of ether oxygens (including phenoxy) is 1. The van der Waals surface area contributed by atoms with E-state index in [-0.39, 0.29) is 12.4 Å². The molecule has 0 fully saturated rings. The lowest BCUT2D eigenvalue weighted by atomic mass is 10.5. The van der Waals surface area contributed by atoms with Crippen molar-refractivity contribution in [3.8, 4) is 0 Å². The monoisotopic (exact) mass is 139 g/mol. The van der Waals surface area contributed by atoms with E-state index in [1.165, 1.54) is 12.3 Å². The first-order valence-electron chi connectivity index (χ1n) is 2.84. The molecule has 53 valence electrons. The average molecular weight is 139 g/mol. The average Bonchev–Trinajstić information content (AvgIpc) is 2.38. The molecule has 0 bridgehead atoms. The highest BCUT2D eigenvalue weighted by Gasteiger charge is 2.07. The van der Waals surface area contributed by atoms with Crippen LogP contribution < -0.4 is 0 Å². The van der Waals surface area contributed by atoms with Crippen molar-refractivity contribution in [1.82, 2.24) is 0 Å². The van der Waals surface area contributed by atoms with Gasteiger partial charge in [-0.05, 0) is 19.1 Å². The number of carbonyl (C=O) groups is 1. The van der Waals surface area contributed by atoms with Crippen LogP contribution in [0.5, 0.6) is 0 Å². The fourth-order valence-corrected chi connectivity index (χ4v) is 0.559. The van der Waals surface area contributed by atoms with Gasteiger partial charge >= 0.3 is 5.97 Å². The lowest BCUT2D eigenvalue weighted by Gasteiger charge is -1.94. The number of hydrogen-bond acceptors (Lipinski definition) is 3. The van der Waals surface area contributed by atoms with Crippen molar-refractivity contribution in [1.29, 1.82) is 0 Å². The van der Waals surface area contributed by atoms with Crippen molar-refractivity contribution in [2.24, 2.45) is 0 Å². The third-order valence-electron chi connectivity index (χ3n) is 0.956. The van der Waals surface area contributed by atoms with Gasteiger partial charge in [-0.25, -0.2) is 4.79 Å². The first-order valence-corrected chi connectivity index (χ1v) is 2.84. The van der Waals surface area contributed by atoms with Crippen LogP contribution in [0.4, 0.5) is 0 Å². The summed E-state index contributed by atoms with van der Waals surface area (Å²) in [4.78, 5) is 10.7. The molecule has 1 rings (SSSR count). The normalized spacial score (nSPS) is 9.30. The zero-order valence-corrected chi connectivity index (χ0v) is 5.37. The van der Waals surface area contributed by atoms with Gasteiger partial charge in [-0.2, -0.15) is 0 Å². The van der Waals surface area contributed by atoms with E-state index < -0.39 is 5.97 Å². The molecule has 10 heavy (non-hydrogen) atoms. The molecule has 0 aromatic carbocycles. The third-order valence-corrected chi connectivity index (χ3v) is 0.956. The topological polar surface area (TPSA) is 39.4 Å². The lowest BCUT2D eigenvalue weighted by Crippen LogP contribution is -2.02. The van der Waals surface area contributed by atoms with E-state index in [0.29, 0.717) is 0 Å². The van der Waals surface area contributed by atoms with Gasteiger partial charge in [0.2, 0.25) is 5.76 Å². The fraction of sp³-hybridized carbons (Fsp3) is 0.143. The summed E-state index contributed by atoms with van der Waals surface area (Å²) >= 11 is 0. The Morgan fingerprint density at radius 3 is 3.10 bits per heavy atom. The Bertz CT molecular complexity index is 201. The van der Waals surface area contributed by atoms with Crippen molar-refractivity contribution in [3.63, 3.8) is 0 Å². The van der Waals surface area contributed by atoms with Gasteiger partial charge < -0.3 is 9.15 Å². The fourth-order valence-electron chi connectivity index (χ4n) is 0.559. The summed E-state index contributed by atoms with van der Waals surface area (Å²) in [5.41, 5.74) is 0. The van der Waals surface area contributed by atoms with E-state index in [9.17, 15) is 4.79 Å². The molecule has 0 aliphatic heterocycles. The summed E-state index contributed by atoms with van der Waals surface area (Å²) in [6.45, 7) is 3.48. The van der Waals surface area contributed by atoms with Crippen LogP contribution in [0.25, 0.3) is 0 Å². The van der Waals surface area contributed by atoms with Crippen LogP contribution in [0.15, 0.2) is 22.8 Å². The summed E-state index contributed by atoms with van der Waals surface area (Å²) in [7, 11) is 0. The molecule has 1 radical (unpaired) electrons. The van der Waals surface area contributed by atoms with Crippen molar-refractivity contribution in [3.05, 3.63) is 31.1 Å². The largest absolute Gasteiger partial charge is 0.460 e. The summed E-state index contributed by atoms with van der Waals surface area (Å²) in [6, 6.07) is 3.16. The minimum atomic E-state index is -0.472. The molecule has 0 unspecified atom stereocenters. The third kappa shape index (κ3) is 1.37. The van der Waals surface area contributed by atoms with Crippen LogP contribution in [0.3, 0.4) is 0 Å². The van der Waals surface area contributed by atoms with Crippen LogP contribution in [0.1, 0.15) is 10.6 Å². The van der Waals surface area contributed by atoms with Gasteiger partial charge in [0, 0.05) is 0 Å². The van der Waals surface area contributed by atoms with Crippen molar-refractivity contribution in [2.45, 2.75) is 0 Å². The number of hydrogen-bond donors (Lipinski definition) is 0. The van der Waals surface area contributed by atoms with Crippen LogP contribution in [0, 0.1) is 6.92 Å². The number of furan rings is 1. The van der Waals surface area contributed by atoms with Gasteiger partial charge in [0.15, 0.2) is 0 Å². The van der Waals surface area contributed by atoms with Gasteiger partial charge in [0.25, 0.3) is 0 Å². The Morgan fingerprint density at radius 1 is 1.80 bits per heavy atom. The Hall–Kier alpha value is -1.25. The summed E-state index contributed by atoms with van der Waals surface area (Å²) in [6.07, 6.45) is 1.42. The molecule has 0 spiro atoms. The zero-order valence-electron chi connectivity index (χ0n) is 5.37. The number of esters is 1. The van der Waals surface area contributed by atoms with Gasteiger partial charge in [0.1, 0.15) is 0 Å². The molecule has 0 amide bonds. The second-order valence-corrected chi connectivity index (χ2v) is 1.61. The van der Waals surface area contributed by atoms with Crippen molar-refractivity contribution < 1.29 is 13.9 Å². The molecule has 0 aliphatic rings. The maximum atomic E-state index is 10.7. The molecule has 1 aromatic heterocycles. The standard InChI is InChI=1S/C7H7O3/c1-2-9-7(8)6-4-3-5-10-6/h3-5H,1-2H2. The second-order valence-electron chi connectivity index (χ2n) is 1.61. The minimum Gasteiger partial charge on any atom is -0.460 e. The maximum Gasteiger partial charge on any atom is 0.374 e. The predicted octanol–water partition coefficient (Wildman–Crippen LogP) is 1.27. The van der Waals surface area contributed by atoms with E-state index in [1.807, 2.05) is 0 Å². The first-order chi connectivity index (χ1) is 4.84. The Labute approximate surface area is 58.6 Å². The SMILES string of the molecule is [CH2]COC(=O)c1ccco1. The van der Waals surface area contributed by atoms with Gasteiger partial charge in [-0.1, -0.05) is 0 Å². The van der Waals surface area contributed by atoms with Crippen LogP contribution in [-0.2, 0) is 4.74 Å². The second kappa shape index (κ2) is 3.06. The molecular weight excluding hydrogens is 132 g/mol. The van der Waals surface area contributed by atoms with E-state index in [2.05, 4.69) is 11.7 Å². The highest BCUT2D eigenvalue weighted by molar-refractivity contribution is 5.86. The first kappa shape index (κ1) is 6.86. The van der Waals surface area contributed by atoms with Gasteiger partial charge in [-0.15, -0.1) is 0 Å². The van der Waals surface area contributed by atoms with E-state index in [1.54, 1.807) is 6.07 Å². The van der Waals surface area contributed by atoms with Crippen molar-refractivity contribution >= 4 is 5.97 Å². The summed E-state index contributed by atoms with van der Waals surface area (Å²) < 4.78 is 9.29. The maximum absolute atomic E-state index is 10.7. The molecule has 0 N–H and O–H groups in total. The molecule has 0 aliphatic carbocycles. The quantitative estimate of drug-likeness (QED) is 0.579. The van der Waals surface area contributed by atoms with Crippen LogP contribution >= 0.6 is 0 Å². The molecule has 1 heterocycles. The smallest absolute Gasteiger partial charge is 0.374 e. The van der Waals surface area contributed by atoms with Crippen molar-refractivity contribution in [2.75, 3.05) is 6.61 Å². The molecular formula is C7H7O3. The molecule has 0 saturated carbocycles. The molecule has 1 aromatic rings. The Morgan fingerprint density at radius 2 is 2.60 bits per heavy atom. The molecule has 0 saturated heterocycles.